The first kappa shape index (κ1) is 10.6. The van der Waals surface area contributed by atoms with Crippen LogP contribution in [0.25, 0.3) is 0 Å². The van der Waals surface area contributed by atoms with Crippen LogP contribution < -0.4 is 0 Å². The van der Waals surface area contributed by atoms with E-state index in [1.807, 2.05) is 0 Å². The molecule has 0 aromatic carbocycles. The highest BCUT2D eigenvalue weighted by Gasteiger charge is 2.54. The van der Waals surface area contributed by atoms with Crippen LogP contribution in [0.1, 0.15) is 20.3 Å². The molecule has 0 spiro atoms. The standard InChI is InChI=1S/C7H10Br2Cl2/c1-6(2)3-4(6)5(10)7(8,9)11/h4-5H,3H2,1-2H3. The van der Waals surface area contributed by atoms with Gasteiger partial charge in [-0.3, -0.25) is 0 Å². The molecule has 0 aromatic rings. The second-order valence-electron chi connectivity index (χ2n) is 3.74. The zero-order valence-corrected chi connectivity index (χ0v) is 11.1. The van der Waals surface area contributed by atoms with Crippen LogP contribution in [0.15, 0.2) is 0 Å². The van der Waals surface area contributed by atoms with Crippen molar-refractivity contribution in [3.63, 3.8) is 0 Å². The van der Waals surface area contributed by atoms with Crippen LogP contribution in [0.4, 0.5) is 0 Å². The lowest BCUT2D eigenvalue weighted by atomic mass is 10.1. The van der Waals surface area contributed by atoms with E-state index in [4.69, 9.17) is 23.2 Å². The maximum atomic E-state index is 6.11. The topological polar surface area (TPSA) is 0 Å². The van der Waals surface area contributed by atoms with Gasteiger partial charge in [0.15, 0.2) is 2.69 Å². The fourth-order valence-corrected chi connectivity index (χ4v) is 2.46. The van der Waals surface area contributed by atoms with Crippen molar-refractivity contribution in [1.29, 1.82) is 0 Å². The highest BCUT2D eigenvalue weighted by atomic mass is 79.9. The van der Waals surface area contributed by atoms with E-state index >= 15 is 0 Å². The fourth-order valence-electron chi connectivity index (χ4n) is 1.24. The van der Waals surface area contributed by atoms with Crippen LogP contribution in [-0.4, -0.2) is 8.07 Å². The van der Waals surface area contributed by atoms with Gasteiger partial charge in [-0.05, 0) is 17.8 Å². The van der Waals surface area contributed by atoms with Gasteiger partial charge in [0.05, 0.1) is 5.38 Å². The monoisotopic (exact) mass is 322 g/mol. The van der Waals surface area contributed by atoms with Gasteiger partial charge in [-0.2, -0.15) is 0 Å². The van der Waals surface area contributed by atoms with Gasteiger partial charge in [-0.1, -0.05) is 57.3 Å². The third-order valence-corrected chi connectivity index (χ3v) is 4.75. The van der Waals surface area contributed by atoms with Gasteiger partial charge in [0.25, 0.3) is 0 Å². The molecule has 2 atom stereocenters. The Morgan fingerprint density at radius 3 is 2.00 bits per heavy atom. The van der Waals surface area contributed by atoms with Crippen LogP contribution in [0.2, 0.25) is 0 Å². The molecule has 1 fully saturated rings. The van der Waals surface area contributed by atoms with Crippen molar-refractivity contribution in [2.24, 2.45) is 11.3 Å². The molecule has 0 nitrogen and oxygen atoms in total. The first-order valence-electron chi connectivity index (χ1n) is 3.46. The molecule has 2 unspecified atom stereocenters. The predicted molar refractivity (Wildman–Crippen MR) is 58.0 cm³/mol. The Balaban J connectivity index is 2.52. The molecule has 0 amide bonds. The minimum atomic E-state index is -0.639. The Bertz CT molecular complexity index is 162. The highest BCUT2D eigenvalue weighted by molar-refractivity contribution is 9.26. The highest BCUT2D eigenvalue weighted by Crippen LogP contribution is 2.60. The van der Waals surface area contributed by atoms with Crippen LogP contribution in [-0.2, 0) is 0 Å². The Morgan fingerprint density at radius 2 is 1.91 bits per heavy atom. The lowest BCUT2D eigenvalue weighted by molar-refractivity contribution is 0.547. The molecule has 0 aromatic heterocycles. The van der Waals surface area contributed by atoms with Crippen molar-refractivity contribution in [1.82, 2.24) is 0 Å². The van der Waals surface area contributed by atoms with Crippen molar-refractivity contribution in [2.75, 3.05) is 0 Å². The summed E-state index contributed by atoms with van der Waals surface area (Å²) >= 11 is 18.6. The van der Waals surface area contributed by atoms with E-state index in [1.54, 1.807) is 0 Å². The first-order chi connectivity index (χ1) is 4.75. The second-order valence-corrected chi connectivity index (χ2v) is 9.29. The van der Waals surface area contributed by atoms with Crippen LogP contribution in [0.3, 0.4) is 0 Å². The van der Waals surface area contributed by atoms with E-state index in [1.165, 1.54) is 0 Å². The molecule has 0 N–H and O–H groups in total. The van der Waals surface area contributed by atoms with Gasteiger partial charge in [-0.15, -0.1) is 11.6 Å². The van der Waals surface area contributed by atoms with E-state index in [9.17, 15) is 0 Å². The maximum absolute atomic E-state index is 6.11. The van der Waals surface area contributed by atoms with Gasteiger partial charge in [0.2, 0.25) is 0 Å². The minimum Gasteiger partial charge on any atom is -0.119 e. The molecule has 66 valence electrons. The van der Waals surface area contributed by atoms with Gasteiger partial charge in [-0.25, -0.2) is 0 Å². The molecule has 0 radical (unpaired) electrons. The average molecular weight is 325 g/mol. The Hall–Kier alpha value is 1.54. The van der Waals surface area contributed by atoms with Crippen molar-refractivity contribution in [2.45, 2.75) is 28.3 Å². The van der Waals surface area contributed by atoms with Gasteiger partial charge >= 0.3 is 0 Å². The largest absolute Gasteiger partial charge is 0.170 e. The molecule has 0 bridgehead atoms. The summed E-state index contributed by atoms with van der Waals surface area (Å²) in [6.45, 7) is 4.41. The van der Waals surface area contributed by atoms with Crippen molar-refractivity contribution in [3.8, 4) is 0 Å². The normalized spacial score (nSPS) is 31.6. The lowest BCUT2D eigenvalue weighted by Gasteiger charge is -2.19. The summed E-state index contributed by atoms with van der Waals surface area (Å²) in [5.74, 6) is 0.514. The summed E-state index contributed by atoms with van der Waals surface area (Å²) in [4.78, 5) is 0. The molecule has 1 rings (SSSR count). The van der Waals surface area contributed by atoms with Crippen molar-refractivity contribution < 1.29 is 0 Å². The zero-order chi connectivity index (χ0) is 8.86. The van der Waals surface area contributed by atoms with Crippen LogP contribution in [0.5, 0.6) is 0 Å². The molecular weight excluding hydrogens is 315 g/mol. The summed E-state index contributed by atoms with van der Waals surface area (Å²) in [7, 11) is 0. The average Bonchev–Trinajstić information content (AvgIpc) is 2.36. The Labute approximate surface area is 94.3 Å². The van der Waals surface area contributed by atoms with Gasteiger partial charge < -0.3 is 0 Å². The van der Waals surface area contributed by atoms with Crippen molar-refractivity contribution in [3.05, 3.63) is 0 Å². The molecular formula is C7H10Br2Cl2. The van der Waals surface area contributed by atoms with Gasteiger partial charge in [0.1, 0.15) is 0 Å². The molecule has 1 aliphatic rings. The third kappa shape index (κ3) is 2.49. The molecule has 4 heteroatoms. The lowest BCUT2D eigenvalue weighted by Crippen LogP contribution is -2.22. The Morgan fingerprint density at radius 1 is 1.55 bits per heavy atom. The molecule has 0 heterocycles. The second kappa shape index (κ2) is 3.04. The van der Waals surface area contributed by atoms with Crippen molar-refractivity contribution >= 4 is 55.1 Å². The maximum Gasteiger partial charge on any atom is 0.170 e. The van der Waals surface area contributed by atoms with E-state index in [0.29, 0.717) is 11.3 Å². The number of rotatable bonds is 2. The smallest absolute Gasteiger partial charge is 0.119 e. The number of alkyl halides is 4. The van der Waals surface area contributed by atoms with E-state index < -0.39 is 2.69 Å². The molecule has 1 aliphatic carbocycles. The van der Waals surface area contributed by atoms with Crippen LogP contribution >= 0.6 is 55.1 Å². The summed E-state index contributed by atoms with van der Waals surface area (Å²) in [5.41, 5.74) is 0.369. The SMILES string of the molecule is CC1(C)CC1C(Cl)C(Cl)(Br)Br. The molecule has 11 heavy (non-hydrogen) atoms. The summed E-state index contributed by atoms with van der Waals surface area (Å²) < 4.78 is -0.639. The van der Waals surface area contributed by atoms with E-state index in [-0.39, 0.29) is 5.38 Å². The zero-order valence-electron chi connectivity index (χ0n) is 6.37. The summed E-state index contributed by atoms with van der Waals surface area (Å²) in [5, 5.41) is -0.0563. The van der Waals surface area contributed by atoms with E-state index in [2.05, 4.69) is 45.7 Å². The molecule has 1 saturated carbocycles. The minimum absolute atomic E-state index is 0.0563. The summed E-state index contributed by atoms with van der Waals surface area (Å²) in [6.07, 6.45) is 1.16. The quantitative estimate of drug-likeness (QED) is 0.663. The molecule has 0 aliphatic heterocycles. The van der Waals surface area contributed by atoms with Crippen LogP contribution in [0, 0.1) is 11.3 Å². The molecule has 0 saturated heterocycles. The number of halogens is 4. The number of hydrogen-bond donors (Lipinski definition) is 0. The third-order valence-electron chi connectivity index (χ3n) is 2.26. The van der Waals surface area contributed by atoms with E-state index in [0.717, 1.165) is 6.42 Å². The summed E-state index contributed by atoms with van der Waals surface area (Å²) in [6, 6.07) is 0. The number of hydrogen-bond acceptors (Lipinski definition) is 0. The predicted octanol–water partition coefficient (Wildman–Crippen LogP) is 4.32. The van der Waals surface area contributed by atoms with Gasteiger partial charge in [0, 0.05) is 0 Å². The Kier molecular flexibility index (Phi) is 2.93. The fraction of sp³-hybridized carbons (Fsp3) is 1.00. The first-order valence-corrected chi connectivity index (χ1v) is 5.86.